The number of aryl methyl sites for hydroxylation is 2. The lowest BCUT2D eigenvalue weighted by Gasteiger charge is -2.15. The Labute approximate surface area is 149 Å². The molecule has 5 aromatic rings. The predicted octanol–water partition coefficient (Wildman–Crippen LogP) is 4.89. The van der Waals surface area contributed by atoms with E-state index in [1.54, 1.807) is 0 Å². The van der Waals surface area contributed by atoms with Crippen molar-refractivity contribution in [3.63, 3.8) is 0 Å². The van der Waals surface area contributed by atoms with Crippen LogP contribution in [-0.2, 0) is 0 Å². The first-order valence-electron chi connectivity index (χ1n) is 8.31. The van der Waals surface area contributed by atoms with Crippen LogP contribution in [0.4, 0.5) is 0 Å². The minimum Gasteiger partial charge on any atom is -0.232 e. The van der Waals surface area contributed by atoms with Crippen LogP contribution in [0.25, 0.3) is 43.4 Å². The maximum Gasteiger partial charge on any atom is 0.177 e. The maximum atomic E-state index is 9.39. The molecule has 0 saturated heterocycles. The van der Waals surface area contributed by atoms with Gasteiger partial charge in [-0.1, -0.05) is 24.3 Å². The van der Waals surface area contributed by atoms with Gasteiger partial charge in [0.25, 0.3) is 0 Å². The second-order valence-electron chi connectivity index (χ2n) is 6.73. The quantitative estimate of drug-likeness (QED) is 0.299. The molecule has 120 valence electrons. The third-order valence-electron chi connectivity index (χ3n) is 4.94. The van der Waals surface area contributed by atoms with Crippen LogP contribution in [0.15, 0.2) is 36.4 Å². The summed E-state index contributed by atoms with van der Waals surface area (Å²) in [5, 5.41) is 25.3. The lowest BCUT2D eigenvalue weighted by molar-refractivity contribution is 1.21. The monoisotopic (exact) mass is 332 g/mol. The molecule has 0 spiro atoms. The van der Waals surface area contributed by atoms with E-state index in [4.69, 9.17) is 0 Å². The van der Waals surface area contributed by atoms with Crippen molar-refractivity contribution >= 4 is 43.4 Å². The van der Waals surface area contributed by atoms with E-state index in [9.17, 15) is 10.5 Å². The van der Waals surface area contributed by atoms with E-state index in [1.165, 1.54) is 0 Å². The van der Waals surface area contributed by atoms with E-state index in [1.807, 2.05) is 26.0 Å². The van der Waals surface area contributed by atoms with Crippen LogP contribution >= 0.6 is 0 Å². The summed E-state index contributed by atoms with van der Waals surface area (Å²) >= 11 is 0. The summed E-state index contributed by atoms with van der Waals surface area (Å²) in [6.07, 6.45) is 0. The molecule has 0 unspecified atom stereocenters. The maximum absolute atomic E-state index is 9.39. The van der Waals surface area contributed by atoms with Gasteiger partial charge in [-0.3, -0.25) is 0 Å². The van der Waals surface area contributed by atoms with Gasteiger partial charge in [-0.05, 0) is 58.7 Å². The van der Waals surface area contributed by atoms with Crippen LogP contribution in [0.5, 0.6) is 0 Å². The van der Waals surface area contributed by atoms with Crippen molar-refractivity contribution in [2.45, 2.75) is 13.8 Å². The molecule has 1 aromatic heterocycles. The Balaban J connectivity index is 2.22. The van der Waals surface area contributed by atoms with E-state index >= 15 is 0 Å². The van der Waals surface area contributed by atoms with E-state index in [0.717, 1.165) is 43.4 Å². The van der Waals surface area contributed by atoms with E-state index < -0.39 is 0 Å². The topological polar surface area (TPSA) is 73.4 Å². The molecule has 0 aliphatic heterocycles. The zero-order valence-electron chi connectivity index (χ0n) is 14.3. The first-order chi connectivity index (χ1) is 12.6. The molecule has 26 heavy (non-hydrogen) atoms. The standard InChI is InChI=1S/C22H12N4/c1-11-5-13-3-4-14-6-12(2)8-16-20(14)19(13)15(7-11)21-22(16)26-18(10-24)17(9-23)25-21/h3-8H,1-2H3. The summed E-state index contributed by atoms with van der Waals surface area (Å²) in [5.74, 6) is 0. The third kappa shape index (κ3) is 1.76. The zero-order chi connectivity index (χ0) is 18.0. The molecule has 4 heteroatoms. The first-order valence-corrected chi connectivity index (χ1v) is 8.31. The highest BCUT2D eigenvalue weighted by Gasteiger charge is 2.18. The molecule has 0 N–H and O–H groups in total. The number of aromatic nitrogens is 2. The molecule has 1 heterocycles. The number of nitriles is 2. The molecule has 0 amide bonds. The average molecular weight is 332 g/mol. The Bertz CT molecular complexity index is 1350. The molecule has 4 aromatic carbocycles. The number of benzene rings is 4. The Morgan fingerprint density at radius 2 is 1.12 bits per heavy atom. The number of nitrogens with zero attached hydrogens (tertiary/aromatic N) is 4. The third-order valence-corrected chi connectivity index (χ3v) is 4.94. The van der Waals surface area contributed by atoms with Gasteiger partial charge in [0.15, 0.2) is 11.4 Å². The molecule has 0 aliphatic rings. The van der Waals surface area contributed by atoms with Gasteiger partial charge in [0.1, 0.15) is 12.1 Å². The van der Waals surface area contributed by atoms with Gasteiger partial charge in [0.05, 0.1) is 11.0 Å². The summed E-state index contributed by atoms with van der Waals surface area (Å²) in [6.45, 7) is 4.10. The van der Waals surface area contributed by atoms with Gasteiger partial charge in [-0.15, -0.1) is 0 Å². The molecule has 4 nitrogen and oxygen atoms in total. The SMILES string of the molecule is Cc1cc2ccc3cc(C)cc4c5nc(C#N)c(C#N)nc5c(c1)c2c34. The fourth-order valence-electron chi connectivity index (χ4n) is 3.97. The Kier molecular flexibility index (Phi) is 2.73. The summed E-state index contributed by atoms with van der Waals surface area (Å²) < 4.78 is 0. The molecule has 0 atom stereocenters. The molecular weight excluding hydrogens is 320 g/mol. The zero-order valence-corrected chi connectivity index (χ0v) is 14.3. The lowest BCUT2D eigenvalue weighted by Crippen LogP contribution is -1.98. The van der Waals surface area contributed by atoms with Crippen LogP contribution in [0.1, 0.15) is 22.5 Å². The lowest BCUT2D eigenvalue weighted by atomic mass is 9.90. The van der Waals surface area contributed by atoms with Crippen molar-refractivity contribution in [3.05, 3.63) is 58.9 Å². The van der Waals surface area contributed by atoms with Gasteiger partial charge in [0, 0.05) is 10.8 Å². The molecular formula is C22H12N4. The highest BCUT2D eigenvalue weighted by molar-refractivity contribution is 6.32. The summed E-state index contributed by atoms with van der Waals surface area (Å²) in [4.78, 5) is 9.08. The Hall–Kier alpha value is -3.76. The van der Waals surface area contributed by atoms with Crippen LogP contribution in [0.2, 0.25) is 0 Å². The molecule has 0 saturated carbocycles. The molecule has 0 fully saturated rings. The number of hydrogen-bond donors (Lipinski definition) is 0. The van der Waals surface area contributed by atoms with Gasteiger partial charge in [-0.25, -0.2) is 9.97 Å². The summed E-state index contributed by atoms with van der Waals surface area (Å²) in [6, 6.07) is 16.8. The molecule has 0 radical (unpaired) electrons. The molecule has 0 bridgehead atoms. The smallest absolute Gasteiger partial charge is 0.177 e. The number of fused-ring (bicyclic) bond motifs is 3. The van der Waals surface area contributed by atoms with Crippen molar-refractivity contribution in [2.24, 2.45) is 0 Å². The van der Waals surface area contributed by atoms with Gasteiger partial charge in [-0.2, -0.15) is 10.5 Å². The highest BCUT2D eigenvalue weighted by atomic mass is 14.8. The fourth-order valence-corrected chi connectivity index (χ4v) is 3.97. The normalized spacial score (nSPS) is 11.4. The minimum atomic E-state index is 0.0733. The molecule has 0 aliphatic carbocycles. The van der Waals surface area contributed by atoms with Crippen molar-refractivity contribution in [2.75, 3.05) is 0 Å². The second-order valence-corrected chi connectivity index (χ2v) is 6.73. The largest absolute Gasteiger partial charge is 0.232 e. The number of rotatable bonds is 0. The van der Waals surface area contributed by atoms with Crippen molar-refractivity contribution < 1.29 is 0 Å². The Morgan fingerprint density at radius 3 is 1.50 bits per heavy atom. The summed E-state index contributed by atoms with van der Waals surface area (Å²) in [7, 11) is 0. The Morgan fingerprint density at radius 1 is 0.692 bits per heavy atom. The van der Waals surface area contributed by atoms with Gasteiger partial charge >= 0.3 is 0 Å². The van der Waals surface area contributed by atoms with Gasteiger partial charge < -0.3 is 0 Å². The van der Waals surface area contributed by atoms with E-state index in [0.29, 0.717) is 11.0 Å². The predicted molar refractivity (Wildman–Crippen MR) is 102 cm³/mol. The van der Waals surface area contributed by atoms with Gasteiger partial charge in [0.2, 0.25) is 0 Å². The first kappa shape index (κ1) is 14.6. The molecule has 5 rings (SSSR count). The average Bonchev–Trinajstić information content (AvgIpc) is 2.64. The van der Waals surface area contributed by atoms with Crippen molar-refractivity contribution in [1.82, 2.24) is 9.97 Å². The minimum absolute atomic E-state index is 0.0733. The number of hydrogen-bond acceptors (Lipinski definition) is 4. The van der Waals surface area contributed by atoms with Crippen molar-refractivity contribution in [3.8, 4) is 12.1 Å². The highest BCUT2D eigenvalue weighted by Crippen LogP contribution is 2.40. The van der Waals surface area contributed by atoms with Crippen LogP contribution in [-0.4, -0.2) is 9.97 Å². The van der Waals surface area contributed by atoms with Crippen LogP contribution < -0.4 is 0 Å². The fraction of sp³-hybridized carbons (Fsp3) is 0.0909. The van der Waals surface area contributed by atoms with Crippen molar-refractivity contribution in [1.29, 1.82) is 10.5 Å². The van der Waals surface area contributed by atoms with E-state index in [-0.39, 0.29) is 11.4 Å². The van der Waals surface area contributed by atoms with E-state index in [2.05, 4.69) is 46.4 Å². The second kappa shape index (κ2) is 4.88. The van der Waals surface area contributed by atoms with Crippen LogP contribution in [0, 0.1) is 36.5 Å². The van der Waals surface area contributed by atoms with Crippen LogP contribution in [0.3, 0.4) is 0 Å². The summed E-state index contributed by atoms with van der Waals surface area (Å²) in [5.41, 5.74) is 3.75.